The van der Waals surface area contributed by atoms with Crippen LogP contribution in [-0.4, -0.2) is 0 Å². The zero-order valence-corrected chi connectivity index (χ0v) is 7.94. The van der Waals surface area contributed by atoms with E-state index in [0.29, 0.717) is 0 Å². The molecule has 0 N–H and O–H groups in total. The number of allylic oxidation sites excluding steroid dienone is 1. The van der Waals surface area contributed by atoms with Gasteiger partial charge in [-0.25, -0.2) is 0 Å². The number of fused-ring (bicyclic) bond motifs is 1. The summed E-state index contributed by atoms with van der Waals surface area (Å²) in [5.41, 5.74) is 7.28. The summed E-state index contributed by atoms with van der Waals surface area (Å²) in [5, 5.41) is 0. The van der Waals surface area contributed by atoms with Crippen LogP contribution in [0.5, 0.6) is 0 Å². The monoisotopic (exact) mass is 158 g/mol. The Morgan fingerprint density at radius 2 is 1.83 bits per heavy atom. The maximum absolute atomic E-state index is 2.32. The Labute approximate surface area is 73.9 Å². The highest BCUT2D eigenvalue weighted by Gasteiger charge is 2.10. The van der Waals surface area contributed by atoms with Crippen molar-refractivity contribution >= 4 is 6.08 Å². The third-order valence-electron chi connectivity index (χ3n) is 2.92. The van der Waals surface area contributed by atoms with Gasteiger partial charge in [0.05, 0.1) is 0 Å². The lowest BCUT2D eigenvalue weighted by Crippen LogP contribution is -1.93. The van der Waals surface area contributed by atoms with Gasteiger partial charge in [-0.2, -0.15) is 0 Å². The van der Waals surface area contributed by atoms with Crippen molar-refractivity contribution in [3.8, 4) is 0 Å². The second kappa shape index (κ2) is 2.48. The highest BCUT2D eigenvalue weighted by molar-refractivity contribution is 5.65. The SMILES string of the molecule is Cc1cc2c(c(C)c1C)C=CC2. The standard InChI is InChI=1S/C12H14/c1-8-7-11-5-4-6-12(11)10(3)9(8)2/h4,6-7H,5H2,1-3H3. The predicted molar refractivity (Wildman–Crippen MR) is 53.4 cm³/mol. The van der Waals surface area contributed by atoms with Gasteiger partial charge < -0.3 is 0 Å². The van der Waals surface area contributed by atoms with Crippen molar-refractivity contribution in [1.29, 1.82) is 0 Å². The molecule has 0 amide bonds. The largest absolute Gasteiger partial charge is 0.0795 e. The van der Waals surface area contributed by atoms with E-state index in [4.69, 9.17) is 0 Å². The third-order valence-corrected chi connectivity index (χ3v) is 2.92. The molecule has 0 radical (unpaired) electrons. The van der Waals surface area contributed by atoms with Crippen LogP contribution in [-0.2, 0) is 6.42 Å². The first-order valence-corrected chi connectivity index (χ1v) is 4.46. The lowest BCUT2D eigenvalue weighted by Gasteiger charge is -2.10. The summed E-state index contributed by atoms with van der Waals surface area (Å²) in [6.45, 7) is 6.62. The van der Waals surface area contributed by atoms with E-state index in [2.05, 4.69) is 39.0 Å². The second-order valence-corrected chi connectivity index (χ2v) is 3.62. The molecule has 0 atom stereocenters. The molecule has 0 aliphatic heterocycles. The highest BCUT2D eigenvalue weighted by atomic mass is 14.2. The van der Waals surface area contributed by atoms with Crippen molar-refractivity contribution in [3.63, 3.8) is 0 Å². The van der Waals surface area contributed by atoms with E-state index < -0.39 is 0 Å². The van der Waals surface area contributed by atoms with Crippen LogP contribution < -0.4 is 0 Å². The van der Waals surface area contributed by atoms with E-state index >= 15 is 0 Å². The van der Waals surface area contributed by atoms with Crippen molar-refractivity contribution in [2.45, 2.75) is 27.2 Å². The minimum absolute atomic E-state index is 1.12. The third kappa shape index (κ3) is 0.911. The van der Waals surface area contributed by atoms with E-state index in [1.807, 2.05) is 0 Å². The fraction of sp³-hybridized carbons (Fsp3) is 0.333. The van der Waals surface area contributed by atoms with Crippen LogP contribution in [0.25, 0.3) is 6.08 Å². The molecule has 0 saturated carbocycles. The molecule has 0 heterocycles. The molecule has 62 valence electrons. The minimum atomic E-state index is 1.12. The first-order chi connectivity index (χ1) is 5.70. The molecule has 0 spiro atoms. The van der Waals surface area contributed by atoms with Crippen molar-refractivity contribution in [1.82, 2.24) is 0 Å². The Balaban J connectivity index is 2.73. The van der Waals surface area contributed by atoms with Gasteiger partial charge in [-0.3, -0.25) is 0 Å². The van der Waals surface area contributed by atoms with E-state index in [1.165, 1.54) is 27.8 Å². The first kappa shape index (κ1) is 7.60. The molecular weight excluding hydrogens is 144 g/mol. The summed E-state index contributed by atoms with van der Waals surface area (Å²) in [6, 6.07) is 2.32. The highest BCUT2D eigenvalue weighted by Crippen LogP contribution is 2.27. The quantitative estimate of drug-likeness (QED) is 0.544. The molecular formula is C12H14. The summed E-state index contributed by atoms with van der Waals surface area (Å²) in [5.74, 6) is 0. The van der Waals surface area contributed by atoms with Crippen LogP contribution in [0.2, 0.25) is 0 Å². The van der Waals surface area contributed by atoms with Crippen LogP contribution in [0, 0.1) is 20.8 Å². The van der Waals surface area contributed by atoms with Crippen LogP contribution >= 0.6 is 0 Å². The van der Waals surface area contributed by atoms with E-state index in [0.717, 1.165) is 6.42 Å². The molecule has 0 heteroatoms. The van der Waals surface area contributed by atoms with Crippen LogP contribution in [0.4, 0.5) is 0 Å². The summed E-state index contributed by atoms with van der Waals surface area (Å²) in [6.07, 6.45) is 5.62. The van der Waals surface area contributed by atoms with Gasteiger partial charge in [0.15, 0.2) is 0 Å². The topological polar surface area (TPSA) is 0 Å². The summed E-state index contributed by atoms with van der Waals surface area (Å²) < 4.78 is 0. The molecule has 12 heavy (non-hydrogen) atoms. The molecule has 1 aliphatic carbocycles. The molecule has 0 fully saturated rings. The van der Waals surface area contributed by atoms with Gasteiger partial charge in [-0.1, -0.05) is 18.2 Å². The molecule has 1 aromatic rings. The van der Waals surface area contributed by atoms with Crippen molar-refractivity contribution in [2.24, 2.45) is 0 Å². The maximum atomic E-state index is 2.32. The van der Waals surface area contributed by atoms with Crippen molar-refractivity contribution in [3.05, 3.63) is 40.0 Å². The summed E-state index contributed by atoms with van der Waals surface area (Å²) in [4.78, 5) is 0. The van der Waals surface area contributed by atoms with Gasteiger partial charge in [0, 0.05) is 0 Å². The normalized spacial score (nSPS) is 13.6. The molecule has 0 nitrogen and oxygen atoms in total. The molecule has 0 aromatic heterocycles. The second-order valence-electron chi connectivity index (χ2n) is 3.62. The fourth-order valence-corrected chi connectivity index (χ4v) is 1.89. The molecule has 0 saturated heterocycles. The smallest absolute Gasteiger partial charge is 0.00880 e. The molecule has 1 aliphatic rings. The van der Waals surface area contributed by atoms with Crippen molar-refractivity contribution < 1.29 is 0 Å². The van der Waals surface area contributed by atoms with Gasteiger partial charge in [0.1, 0.15) is 0 Å². The maximum Gasteiger partial charge on any atom is -0.00880 e. The van der Waals surface area contributed by atoms with E-state index in [1.54, 1.807) is 0 Å². The predicted octanol–water partition coefficient (Wildman–Crippen LogP) is 3.18. The summed E-state index contributed by atoms with van der Waals surface area (Å²) in [7, 11) is 0. The zero-order chi connectivity index (χ0) is 8.72. The Morgan fingerprint density at radius 1 is 1.08 bits per heavy atom. The number of rotatable bonds is 0. The molecule has 0 bridgehead atoms. The van der Waals surface area contributed by atoms with Gasteiger partial charge in [-0.05, 0) is 55.0 Å². The first-order valence-electron chi connectivity index (χ1n) is 4.46. The zero-order valence-electron chi connectivity index (χ0n) is 7.94. The average molecular weight is 158 g/mol. The Bertz CT molecular complexity index is 357. The summed E-state index contributed by atoms with van der Waals surface area (Å²) >= 11 is 0. The Morgan fingerprint density at radius 3 is 2.58 bits per heavy atom. The van der Waals surface area contributed by atoms with Crippen LogP contribution in [0.15, 0.2) is 12.1 Å². The minimum Gasteiger partial charge on any atom is -0.0795 e. The van der Waals surface area contributed by atoms with E-state index in [9.17, 15) is 0 Å². The number of aryl methyl sites for hydroxylation is 1. The number of hydrogen-bond acceptors (Lipinski definition) is 0. The molecule has 2 rings (SSSR count). The van der Waals surface area contributed by atoms with E-state index in [-0.39, 0.29) is 0 Å². The van der Waals surface area contributed by atoms with Gasteiger partial charge in [0.2, 0.25) is 0 Å². The number of hydrogen-bond donors (Lipinski definition) is 0. The van der Waals surface area contributed by atoms with Crippen LogP contribution in [0.3, 0.4) is 0 Å². The average Bonchev–Trinajstić information content (AvgIpc) is 2.48. The van der Waals surface area contributed by atoms with Gasteiger partial charge in [-0.15, -0.1) is 0 Å². The Kier molecular flexibility index (Phi) is 1.57. The lowest BCUT2D eigenvalue weighted by atomic mass is 9.95. The lowest BCUT2D eigenvalue weighted by molar-refractivity contribution is 1.20. The van der Waals surface area contributed by atoms with Gasteiger partial charge in [0.25, 0.3) is 0 Å². The number of benzene rings is 1. The fourth-order valence-electron chi connectivity index (χ4n) is 1.89. The molecule has 0 unspecified atom stereocenters. The molecule has 1 aromatic carbocycles. The van der Waals surface area contributed by atoms with Crippen molar-refractivity contribution in [2.75, 3.05) is 0 Å². The van der Waals surface area contributed by atoms with Crippen LogP contribution in [0.1, 0.15) is 27.8 Å². The Hall–Kier alpha value is -1.04. The van der Waals surface area contributed by atoms with Gasteiger partial charge >= 0.3 is 0 Å².